The summed E-state index contributed by atoms with van der Waals surface area (Å²) < 4.78 is 1.01. The molecule has 0 aliphatic rings. The molecule has 0 bridgehead atoms. The first-order valence-corrected chi connectivity index (χ1v) is 8.90. The summed E-state index contributed by atoms with van der Waals surface area (Å²) in [5.41, 5.74) is 3.03. The first-order valence-electron chi connectivity index (χ1n) is 8.11. The number of amides is 1. The molecule has 3 rings (SSSR count). The van der Waals surface area contributed by atoms with Crippen molar-refractivity contribution >= 4 is 27.5 Å². The van der Waals surface area contributed by atoms with Gasteiger partial charge in [0.25, 0.3) is 0 Å². The van der Waals surface area contributed by atoms with Crippen LogP contribution in [0.3, 0.4) is 0 Å². The van der Waals surface area contributed by atoms with Gasteiger partial charge in [0, 0.05) is 10.2 Å². The fraction of sp³-hybridized carbons (Fsp3) is 0.0952. The molecule has 0 spiro atoms. The van der Waals surface area contributed by atoms with Gasteiger partial charge in [0.1, 0.15) is 0 Å². The zero-order chi connectivity index (χ0) is 17.5. The number of nitrogens with one attached hydrogen (secondary N) is 2. The van der Waals surface area contributed by atoms with Gasteiger partial charge < -0.3 is 10.6 Å². The summed E-state index contributed by atoms with van der Waals surface area (Å²) in [6.07, 6.45) is 0. The van der Waals surface area contributed by atoms with Crippen LogP contribution in [0.5, 0.6) is 0 Å². The highest BCUT2D eigenvalue weighted by Gasteiger charge is 2.16. The second kappa shape index (κ2) is 8.49. The average molecular weight is 395 g/mol. The highest BCUT2D eigenvalue weighted by Crippen LogP contribution is 2.21. The quantitative estimate of drug-likeness (QED) is 0.632. The van der Waals surface area contributed by atoms with Crippen molar-refractivity contribution in [1.82, 2.24) is 5.32 Å². The minimum atomic E-state index is -0.165. The summed E-state index contributed by atoms with van der Waals surface area (Å²) in [6.45, 7) is 0.220. The Morgan fingerprint density at radius 3 is 1.84 bits per heavy atom. The van der Waals surface area contributed by atoms with E-state index in [-0.39, 0.29) is 18.5 Å². The molecule has 3 aromatic rings. The molecule has 0 heterocycles. The molecule has 0 saturated carbocycles. The number of hydrogen-bond acceptors (Lipinski definition) is 2. The Morgan fingerprint density at radius 1 is 0.800 bits per heavy atom. The number of benzene rings is 3. The second-order valence-corrected chi connectivity index (χ2v) is 6.60. The second-order valence-electron chi connectivity index (χ2n) is 5.68. The molecule has 0 radical (unpaired) electrons. The highest BCUT2D eigenvalue weighted by molar-refractivity contribution is 9.10. The fourth-order valence-corrected chi connectivity index (χ4v) is 2.88. The molecule has 126 valence electrons. The topological polar surface area (TPSA) is 41.1 Å². The third-order valence-corrected chi connectivity index (χ3v) is 4.40. The SMILES string of the molecule is O=C(CNc1ccc(Br)cc1)NC(c1ccccc1)c1ccccc1. The van der Waals surface area contributed by atoms with Crippen LogP contribution in [0.15, 0.2) is 89.4 Å². The van der Waals surface area contributed by atoms with Gasteiger partial charge in [-0.2, -0.15) is 0 Å². The zero-order valence-electron chi connectivity index (χ0n) is 13.7. The van der Waals surface area contributed by atoms with Crippen LogP contribution in [0, 0.1) is 0 Å². The van der Waals surface area contributed by atoms with Gasteiger partial charge in [0.2, 0.25) is 5.91 Å². The van der Waals surface area contributed by atoms with Crippen LogP contribution >= 0.6 is 15.9 Å². The molecule has 0 saturated heterocycles. The molecular formula is C21H19BrN2O. The lowest BCUT2D eigenvalue weighted by Gasteiger charge is -2.20. The van der Waals surface area contributed by atoms with Crippen LogP contribution in [-0.4, -0.2) is 12.5 Å². The maximum Gasteiger partial charge on any atom is 0.240 e. The molecule has 0 fully saturated rings. The Labute approximate surface area is 156 Å². The molecule has 25 heavy (non-hydrogen) atoms. The van der Waals surface area contributed by atoms with E-state index >= 15 is 0 Å². The van der Waals surface area contributed by atoms with Crippen LogP contribution in [0.25, 0.3) is 0 Å². The number of anilines is 1. The summed E-state index contributed by atoms with van der Waals surface area (Å²) in [7, 11) is 0. The Hall–Kier alpha value is -2.59. The van der Waals surface area contributed by atoms with E-state index in [2.05, 4.69) is 26.6 Å². The molecule has 2 N–H and O–H groups in total. The van der Waals surface area contributed by atoms with Gasteiger partial charge in [-0.15, -0.1) is 0 Å². The lowest BCUT2D eigenvalue weighted by atomic mass is 9.99. The van der Waals surface area contributed by atoms with Crippen molar-refractivity contribution in [1.29, 1.82) is 0 Å². The van der Waals surface area contributed by atoms with E-state index in [1.807, 2.05) is 84.9 Å². The van der Waals surface area contributed by atoms with E-state index in [0.29, 0.717) is 0 Å². The lowest BCUT2D eigenvalue weighted by molar-refractivity contribution is -0.119. The first-order chi connectivity index (χ1) is 12.2. The minimum absolute atomic E-state index is 0.0550. The number of carbonyl (C=O) groups is 1. The van der Waals surface area contributed by atoms with Crippen molar-refractivity contribution in [3.63, 3.8) is 0 Å². The van der Waals surface area contributed by atoms with Crippen LogP contribution in [0.1, 0.15) is 17.2 Å². The van der Waals surface area contributed by atoms with Crippen molar-refractivity contribution in [2.24, 2.45) is 0 Å². The van der Waals surface area contributed by atoms with Gasteiger partial charge in [-0.25, -0.2) is 0 Å². The molecule has 0 aliphatic heterocycles. The number of carbonyl (C=O) groups excluding carboxylic acids is 1. The van der Waals surface area contributed by atoms with Gasteiger partial charge in [-0.3, -0.25) is 4.79 Å². The van der Waals surface area contributed by atoms with Crippen molar-refractivity contribution in [3.8, 4) is 0 Å². The van der Waals surface area contributed by atoms with E-state index in [4.69, 9.17) is 0 Å². The highest BCUT2D eigenvalue weighted by atomic mass is 79.9. The smallest absolute Gasteiger partial charge is 0.240 e. The van der Waals surface area contributed by atoms with E-state index in [1.165, 1.54) is 0 Å². The number of hydrogen-bond donors (Lipinski definition) is 2. The molecule has 3 aromatic carbocycles. The fourth-order valence-electron chi connectivity index (χ4n) is 2.61. The van der Waals surface area contributed by atoms with Gasteiger partial charge in [-0.05, 0) is 35.4 Å². The van der Waals surface area contributed by atoms with Crippen molar-refractivity contribution in [2.45, 2.75) is 6.04 Å². The number of halogens is 1. The maximum atomic E-state index is 12.5. The Morgan fingerprint density at radius 2 is 1.32 bits per heavy atom. The van der Waals surface area contributed by atoms with Gasteiger partial charge in [0.05, 0.1) is 12.6 Å². The normalized spacial score (nSPS) is 10.5. The molecule has 4 heteroatoms. The minimum Gasteiger partial charge on any atom is -0.376 e. The third-order valence-electron chi connectivity index (χ3n) is 3.87. The van der Waals surface area contributed by atoms with Gasteiger partial charge >= 0.3 is 0 Å². The Kier molecular flexibility index (Phi) is 5.86. The van der Waals surface area contributed by atoms with Gasteiger partial charge in [-0.1, -0.05) is 76.6 Å². The summed E-state index contributed by atoms with van der Waals surface area (Å²) >= 11 is 3.40. The Bertz CT molecular complexity index is 765. The largest absolute Gasteiger partial charge is 0.376 e. The predicted molar refractivity (Wildman–Crippen MR) is 106 cm³/mol. The lowest BCUT2D eigenvalue weighted by Crippen LogP contribution is -2.33. The molecule has 0 aromatic heterocycles. The average Bonchev–Trinajstić information content (AvgIpc) is 2.67. The van der Waals surface area contributed by atoms with Gasteiger partial charge in [0.15, 0.2) is 0 Å². The van der Waals surface area contributed by atoms with Crippen LogP contribution in [0.4, 0.5) is 5.69 Å². The number of rotatable bonds is 6. The molecule has 3 nitrogen and oxygen atoms in total. The van der Waals surface area contributed by atoms with Crippen LogP contribution in [0.2, 0.25) is 0 Å². The van der Waals surface area contributed by atoms with E-state index in [1.54, 1.807) is 0 Å². The molecule has 0 aliphatic carbocycles. The molecule has 0 atom stereocenters. The zero-order valence-corrected chi connectivity index (χ0v) is 15.2. The van der Waals surface area contributed by atoms with Crippen molar-refractivity contribution < 1.29 is 4.79 Å². The van der Waals surface area contributed by atoms with Crippen molar-refractivity contribution in [2.75, 3.05) is 11.9 Å². The predicted octanol–water partition coefficient (Wildman–Crippen LogP) is 4.77. The summed E-state index contributed by atoms with van der Waals surface area (Å²) in [5, 5.41) is 6.27. The van der Waals surface area contributed by atoms with E-state index in [0.717, 1.165) is 21.3 Å². The summed E-state index contributed by atoms with van der Waals surface area (Å²) in [5.74, 6) is -0.0550. The summed E-state index contributed by atoms with van der Waals surface area (Å²) in [6, 6.07) is 27.6. The van der Waals surface area contributed by atoms with Crippen LogP contribution < -0.4 is 10.6 Å². The van der Waals surface area contributed by atoms with Crippen molar-refractivity contribution in [3.05, 3.63) is 101 Å². The first kappa shape index (κ1) is 17.2. The Balaban J connectivity index is 1.69. The molecular weight excluding hydrogens is 376 g/mol. The third kappa shape index (κ3) is 4.94. The molecule has 0 unspecified atom stereocenters. The molecule has 1 amide bonds. The van der Waals surface area contributed by atoms with E-state index < -0.39 is 0 Å². The standard InChI is InChI=1S/C21H19BrN2O/c22-18-11-13-19(14-12-18)23-15-20(25)24-21(16-7-3-1-4-8-16)17-9-5-2-6-10-17/h1-14,21,23H,15H2,(H,24,25). The van der Waals surface area contributed by atoms with Crippen LogP contribution in [-0.2, 0) is 4.79 Å². The maximum absolute atomic E-state index is 12.5. The van der Waals surface area contributed by atoms with E-state index in [9.17, 15) is 4.79 Å². The monoisotopic (exact) mass is 394 g/mol. The summed E-state index contributed by atoms with van der Waals surface area (Å²) in [4.78, 5) is 12.5.